The number of pyridine rings is 1. The highest BCUT2D eigenvalue weighted by molar-refractivity contribution is 5.83. The van der Waals surface area contributed by atoms with Crippen LogP contribution in [0.25, 0.3) is 0 Å². The van der Waals surface area contributed by atoms with E-state index in [1.54, 1.807) is 11.1 Å². The predicted molar refractivity (Wildman–Crippen MR) is 87.8 cm³/mol. The lowest BCUT2D eigenvalue weighted by atomic mass is 9.97. The van der Waals surface area contributed by atoms with Crippen LogP contribution in [0.5, 0.6) is 0 Å². The first-order chi connectivity index (χ1) is 11.2. The molecule has 2 N–H and O–H groups in total. The van der Waals surface area contributed by atoms with Crippen molar-refractivity contribution in [3.63, 3.8) is 0 Å². The SMILES string of the molecule is O=C(NCC1CC1)C1CCCN(C(=O)CNc2ccccn2)C1. The molecule has 6 nitrogen and oxygen atoms in total. The van der Waals surface area contributed by atoms with E-state index >= 15 is 0 Å². The molecule has 23 heavy (non-hydrogen) atoms. The molecule has 2 heterocycles. The maximum Gasteiger partial charge on any atom is 0.241 e. The van der Waals surface area contributed by atoms with Crippen molar-refractivity contribution in [3.8, 4) is 0 Å². The highest BCUT2D eigenvalue weighted by atomic mass is 16.2. The number of rotatable bonds is 6. The molecule has 1 unspecified atom stereocenters. The van der Waals surface area contributed by atoms with E-state index in [-0.39, 0.29) is 24.3 Å². The van der Waals surface area contributed by atoms with Crippen LogP contribution in [0.15, 0.2) is 24.4 Å². The van der Waals surface area contributed by atoms with Gasteiger partial charge in [-0.15, -0.1) is 0 Å². The number of nitrogens with zero attached hydrogens (tertiary/aromatic N) is 2. The van der Waals surface area contributed by atoms with Crippen LogP contribution in [0.4, 0.5) is 5.82 Å². The maximum absolute atomic E-state index is 12.3. The van der Waals surface area contributed by atoms with Gasteiger partial charge in [-0.05, 0) is 43.7 Å². The van der Waals surface area contributed by atoms with Crippen LogP contribution in [0.2, 0.25) is 0 Å². The standard InChI is InChI=1S/C17H24N4O2/c22-16(11-19-15-5-1-2-8-18-15)21-9-3-4-14(12-21)17(23)20-10-13-6-7-13/h1-2,5,8,13-14H,3-4,6-7,9-12H2,(H,18,19)(H,20,23). The lowest BCUT2D eigenvalue weighted by molar-refractivity contribution is -0.134. The summed E-state index contributed by atoms with van der Waals surface area (Å²) in [5.41, 5.74) is 0. The molecule has 2 aliphatic rings. The molecule has 1 aromatic rings. The largest absolute Gasteiger partial charge is 0.361 e. The van der Waals surface area contributed by atoms with E-state index in [1.165, 1.54) is 12.8 Å². The fourth-order valence-electron chi connectivity index (χ4n) is 2.87. The molecule has 1 aromatic heterocycles. The van der Waals surface area contributed by atoms with Gasteiger partial charge in [0, 0.05) is 25.8 Å². The van der Waals surface area contributed by atoms with Crippen LogP contribution in [-0.2, 0) is 9.59 Å². The zero-order valence-electron chi connectivity index (χ0n) is 13.3. The molecule has 3 rings (SSSR count). The van der Waals surface area contributed by atoms with E-state index in [0.29, 0.717) is 18.3 Å². The topological polar surface area (TPSA) is 74.3 Å². The normalized spacial score (nSPS) is 20.9. The molecule has 6 heteroatoms. The number of carbonyl (C=O) groups is 2. The van der Waals surface area contributed by atoms with Crippen LogP contribution in [0, 0.1) is 11.8 Å². The Kier molecular flexibility index (Phi) is 5.10. The number of carbonyl (C=O) groups excluding carboxylic acids is 2. The van der Waals surface area contributed by atoms with Gasteiger partial charge in [-0.1, -0.05) is 6.07 Å². The van der Waals surface area contributed by atoms with Gasteiger partial charge in [-0.2, -0.15) is 0 Å². The summed E-state index contributed by atoms with van der Waals surface area (Å²) in [4.78, 5) is 30.5. The second kappa shape index (κ2) is 7.44. The van der Waals surface area contributed by atoms with Gasteiger partial charge in [-0.3, -0.25) is 9.59 Å². The van der Waals surface area contributed by atoms with Crippen molar-refractivity contribution in [2.45, 2.75) is 25.7 Å². The van der Waals surface area contributed by atoms with Gasteiger partial charge in [0.15, 0.2) is 0 Å². The molecule has 1 aliphatic carbocycles. The van der Waals surface area contributed by atoms with E-state index in [1.807, 2.05) is 18.2 Å². The van der Waals surface area contributed by atoms with Crippen molar-refractivity contribution in [1.82, 2.24) is 15.2 Å². The molecule has 1 saturated carbocycles. The third-order valence-corrected chi connectivity index (χ3v) is 4.49. The maximum atomic E-state index is 12.3. The minimum absolute atomic E-state index is 0.0235. The van der Waals surface area contributed by atoms with E-state index in [9.17, 15) is 9.59 Å². The van der Waals surface area contributed by atoms with E-state index in [2.05, 4.69) is 15.6 Å². The van der Waals surface area contributed by atoms with Gasteiger partial charge in [0.2, 0.25) is 11.8 Å². The number of hydrogen-bond acceptors (Lipinski definition) is 4. The van der Waals surface area contributed by atoms with Crippen molar-refractivity contribution in [1.29, 1.82) is 0 Å². The number of piperidine rings is 1. The molecule has 124 valence electrons. The van der Waals surface area contributed by atoms with Gasteiger partial charge in [0.05, 0.1) is 12.5 Å². The average Bonchev–Trinajstić information content (AvgIpc) is 3.43. The lowest BCUT2D eigenvalue weighted by Crippen LogP contribution is -2.47. The number of hydrogen-bond donors (Lipinski definition) is 2. The van der Waals surface area contributed by atoms with Crippen LogP contribution in [0.1, 0.15) is 25.7 Å². The zero-order chi connectivity index (χ0) is 16.1. The van der Waals surface area contributed by atoms with Crippen LogP contribution >= 0.6 is 0 Å². The number of likely N-dealkylation sites (tertiary alicyclic amines) is 1. The molecule has 2 amide bonds. The summed E-state index contributed by atoms with van der Waals surface area (Å²) in [5, 5.41) is 6.06. The minimum Gasteiger partial charge on any atom is -0.361 e. The van der Waals surface area contributed by atoms with E-state index in [0.717, 1.165) is 25.9 Å². The summed E-state index contributed by atoms with van der Waals surface area (Å²) in [5.74, 6) is 1.43. The molecule has 1 saturated heterocycles. The predicted octanol–water partition coefficient (Wildman–Crippen LogP) is 1.26. The third kappa shape index (κ3) is 4.68. The molecular weight excluding hydrogens is 292 g/mol. The Morgan fingerprint density at radius 3 is 2.87 bits per heavy atom. The van der Waals surface area contributed by atoms with Crippen molar-refractivity contribution in [2.24, 2.45) is 11.8 Å². The molecule has 2 fully saturated rings. The monoisotopic (exact) mass is 316 g/mol. The van der Waals surface area contributed by atoms with Gasteiger partial charge in [0.1, 0.15) is 5.82 Å². The van der Waals surface area contributed by atoms with Crippen molar-refractivity contribution >= 4 is 17.6 Å². The number of amides is 2. The molecule has 0 bridgehead atoms. The molecule has 0 radical (unpaired) electrons. The Morgan fingerprint density at radius 2 is 2.13 bits per heavy atom. The van der Waals surface area contributed by atoms with E-state index < -0.39 is 0 Å². The van der Waals surface area contributed by atoms with Gasteiger partial charge >= 0.3 is 0 Å². The number of anilines is 1. The summed E-state index contributed by atoms with van der Waals surface area (Å²) in [6, 6.07) is 5.54. The summed E-state index contributed by atoms with van der Waals surface area (Å²) < 4.78 is 0. The molecule has 1 aliphatic heterocycles. The highest BCUT2D eigenvalue weighted by Gasteiger charge is 2.29. The summed E-state index contributed by atoms with van der Waals surface area (Å²) in [7, 11) is 0. The number of aromatic nitrogens is 1. The minimum atomic E-state index is -0.0682. The molecular formula is C17H24N4O2. The first-order valence-electron chi connectivity index (χ1n) is 8.43. The summed E-state index contributed by atoms with van der Waals surface area (Å²) >= 11 is 0. The quantitative estimate of drug-likeness (QED) is 0.828. The Labute approximate surface area is 136 Å². The lowest BCUT2D eigenvalue weighted by Gasteiger charge is -2.32. The first-order valence-corrected chi connectivity index (χ1v) is 8.43. The van der Waals surface area contributed by atoms with Gasteiger partial charge in [-0.25, -0.2) is 4.98 Å². The third-order valence-electron chi connectivity index (χ3n) is 4.49. The van der Waals surface area contributed by atoms with Crippen LogP contribution in [0.3, 0.4) is 0 Å². The molecule has 0 aromatic carbocycles. The Balaban J connectivity index is 1.45. The first kappa shape index (κ1) is 15.8. The Bertz CT molecular complexity index is 545. The van der Waals surface area contributed by atoms with Gasteiger partial charge in [0.25, 0.3) is 0 Å². The number of nitrogens with one attached hydrogen (secondary N) is 2. The van der Waals surface area contributed by atoms with Crippen LogP contribution in [-0.4, -0.2) is 47.9 Å². The van der Waals surface area contributed by atoms with Crippen molar-refractivity contribution in [3.05, 3.63) is 24.4 Å². The molecule has 0 spiro atoms. The second-order valence-electron chi connectivity index (χ2n) is 6.44. The fraction of sp³-hybridized carbons (Fsp3) is 0.588. The summed E-state index contributed by atoms with van der Waals surface area (Å²) in [6.07, 6.45) is 5.90. The summed E-state index contributed by atoms with van der Waals surface area (Å²) in [6.45, 7) is 2.27. The Morgan fingerprint density at radius 1 is 1.26 bits per heavy atom. The van der Waals surface area contributed by atoms with E-state index in [4.69, 9.17) is 0 Å². The average molecular weight is 316 g/mol. The van der Waals surface area contributed by atoms with Crippen molar-refractivity contribution < 1.29 is 9.59 Å². The fourth-order valence-corrected chi connectivity index (χ4v) is 2.87. The second-order valence-corrected chi connectivity index (χ2v) is 6.44. The van der Waals surface area contributed by atoms with Gasteiger partial charge < -0.3 is 15.5 Å². The van der Waals surface area contributed by atoms with Crippen molar-refractivity contribution in [2.75, 3.05) is 31.5 Å². The zero-order valence-corrected chi connectivity index (χ0v) is 13.3. The smallest absolute Gasteiger partial charge is 0.241 e. The van der Waals surface area contributed by atoms with Crippen LogP contribution < -0.4 is 10.6 Å². The Hall–Kier alpha value is -2.11. The highest BCUT2D eigenvalue weighted by Crippen LogP contribution is 2.27. The molecule has 1 atom stereocenters.